The van der Waals surface area contributed by atoms with Crippen LogP contribution >= 0.6 is 0 Å². The normalized spacial score (nSPS) is 20.0. The second-order valence-electron chi connectivity index (χ2n) is 8.67. The number of H-pyrrole nitrogens is 1. The van der Waals surface area contributed by atoms with Crippen molar-refractivity contribution in [2.45, 2.75) is 31.5 Å². The molecule has 0 bridgehead atoms. The minimum atomic E-state index is -0.109. The first-order valence-electron chi connectivity index (χ1n) is 10.9. The first-order valence-corrected chi connectivity index (χ1v) is 10.9. The van der Waals surface area contributed by atoms with Crippen LogP contribution in [0.3, 0.4) is 0 Å². The molecule has 0 amide bonds. The number of benzene rings is 1. The van der Waals surface area contributed by atoms with Gasteiger partial charge in [-0.25, -0.2) is 9.37 Å². The van der Waals surface area contributed by atoms with Gasteiger partial charge < -0.3 is 14.9 Å². The lowest BCUT2D eigenvalue weighted by Gasteiger charge is -2.34. The van der Waals surface area contributed by atoms with Gasteiger partial charge in [-0.05, 0) is 30.5 Å². The summed E-state index contributed by atoms with van der Waals surface area (Å²) in [6.45, 7) is 3.36. The van der Waals surface area contributed by atoms with Crippen molar-refractivity contribution in [1.82, 2.24) is 24.8 Å². The highest BCUT2D eigenvalue weighted by molar-refractivity contribution is 6.02. The van der Waals surface area contributed by atoms with Crippen LogP contribution in [0.5, 0.6) is 0 Å². The lowest BCUT2D eigenvalue weighted by molar-refractivity contribution is 0.179. The van der Waals surface area contributed by atoms with Gasteiger partial charge in [-0.3, -0.25) is 9.69 Å². The van der Waals surface area contributed by atoms with Crippen LogP contribution < -0.4 is 10.7 Å². The van der Waals surface area contributed by atoms with Crippen LogP contribution in [0.25, 0.3) is 21.9 Å². The van der Waals surface area contributed by atoms with Crippen molar-refractivity contribution < 1.29 is 4.39 Å². The third-order valence-corrected chi connectivity index (χ3v) is 6.70. The van der Waals surface area contributed by atoms with Crippen molar-refractivity contribution in [2.75, 3.05) is 19.6 Å². The first-order chi connectivity index (χ1) is 15.2. The Balaban J connectivity index is 1.23. The van der Waals surface area contributed by atoms with E-state index in [-0.39, 0.29) is 11.2 Å². The molecule has 1 unspecified atom stereocenters. The summed E-state index contributed by atoms with van der Waals surface area (Å²) in [6, 6.07) is 9.90. The Morgan fingerprint density at radius 2 is 1.97 bits per heavy atom. The fourth-order valence-electron chi connectivity index (χ4n) is 4.87. The number of aromatic amines is 1. The van der Waals surface area contributed by atoms with Gasteiger partial charge in [0.1, 0.15) is 11.5 Å². The van der Waals surface area contributed by atoms with Gasteiger partial charge in [0.2, 0.25) is 0 Å². The number of nitrogens with one attached hydrogen (secondary N) is 2. The smallest absolute Gasteiger partial charge is 0.190 e. The summed E-state index contributed by atoms with van der Waals surface area (Å²) in [5, 5.41) is 4.85. The number of aromatic nitrogens is 3. The minimum absolute atomic E-state index is 0.000365. The molecule has 1 aromatic carbocycles. The summed E-state index contributed by atoms with van der Waals surface area (Å²) >= 11 is 0. The molecule has 158 valence electrons. The van der Waals surface area contributed by atoms with E-state index >= 15 is 0 Å². The molecule has 2 fully saturated rings. The van der Waals surface area contributed by atoms with Gasteiger partial charge in [-0.15, -0.1) is 0 Å². The average molecular weight is 417 g/mol. The highest BCUT2D eigenvalue weighted by Crippen LogP contribution is 2.30. The van der Waals surface area contributed by atoms with E-state index in [9.17, 15) is 9.18 Å². The standard InChI is InChI=1S/C24H24FN5O/c25-20-11-15(21-13-27-21)1-2-16(20)14-29-8-4-17(5-9-29)30-10-6-22(31)19-12-28-24-18(23(19)30)3-7-26-24/h1-3,6-7,10-12,17,21,27H,4-5,8-9,13-14H2,(H,26,28). The monoisotopic (exact) mass is 417 g/mol. The van der Waals surface area contributed by atoms with E-state index in [1.54, 1.807) is 18.3 Å². The van der Waals surface area contributed by atoms with Crippen molar-refractivity contribution in [3.8, 4) is 0 Å². The Morgan fingerprint density at radius 3 is 2.74 bits per heavy atom. The lowest BCUT2D eigenvalue weighted by atomic mass is 10.0. The zero-order valence-corrected chi connectivity index (χ0v) is 17.1. The van der Waals surface area contributed by atoms with Crippen LogP contribution in [-0.4, -0.2) is 39.1 Å². The summed E-state index contributed by atoms with van der Waals surface area (Å²) in [5.41, 5.74) is 3.55. The number of hydrogen-bond donors (Lipinski definition) is 2. The van der Waals surface area contributed by atoms with Crippen molar-refractivity contribution in [3.63, 3.8) is 0 Å². The van der Waals surface area contributed by atoms with Gasteiger partial charge in [0.15, 0.2) is 5.43 Å². The van der Waals surface area contributed by atoms with Gasteiger partial charge in [0, 0.05) is 73.9 Å². The Labute approximate surface area is 178 Å². The second-order valence-corrected chi connectivity index (χ2v) is 8.67. The number of piperidine rings is 1. The molecule has 2 saturated heterocycles. The van der Waals surface area contributed by atoms with Gasteiger partial charge in [-0.2, -0.15) is 0 Å². The molecule has 2 aliphatic rings. The Bertz CT molecular complexity index is 1330. The molecule has 3 aromatic heterocycles. The summed E-state index contributed by atoms with van der Waals surface area (Å²) in [7, 11) is 0. The Kier molecular flexibility index (Phi) is 4.40. The minimum Gasteiger partial charge on any atom is -0.346 e. The third-order valence-electron chi connectivity index (χ3n) is 6.70. The van der Waals surface area contributed by atoms with E-state index in [1.165, 1.54) is 0 Å². The fraction of sp³-hybridized carbons (Fsp3) is 0.333. The molecule has 0 aliphatic carbocycles. The zero-order chi connectivity index (χ0) is 20.9. The summed E-state index contributed by atoms with van der Waals surface area (Å²) in [5.74, 6) is -0.109. The molecule has 5 heterocycles. The van der Waals surface area contributed by atoms with Crippen LogP contribution in [0.1, 0.15) is 36.1 Å². The molecular weight excluding hydrogens is 393 g/mol. The van der Waals surface area contributed by atoms with Crippen LogP contribution in [0.2, 0.25) is 0 Å². The molecule has 6 rings (SSSR count). The predicted molar refractivity (Wildman–Crippen MR) is 119 cm³/mol. The van der Waals surface area contributed by atoms with Crippen LogP contribution in [0, 0.1) is 5.82 Å². The molecule has 4 aromatic rings. The molecule has 6 nitrogen and oxygen atoms in total. The van der Waals surface area contributed by atoms with Crippen LogP contribution in [-0.2, 0) is 6.54 Å². The number of nitrogens with zero attached hydrogens (tertiary/aromatic N) is 3. The molecule has 2 aliphatic heterocycles. The van der Waals surface area contributed by atoms with Gasteiger partial charge in [0.05, 0.1) is 10.9 Å². The number of likely N-dealkylation sites (tertiary alicyclic amines) is 1. The van der Waals surface area contributed by atoms with E-state index in [2.05, 4.69) is 24.8 Å². The first kappa shape index (κ1) is 18.7. The van der Waals surface area contributed by atoms with Gasteiger partial charge in [-0.1, -0.05) is 12.1 Å². The third kappa shape index (κ3) is 3.34. The topological polar surface area (TPSA) is 75.9 Å². The highest BCUT2D eigenvalue weighted by atomic mass is 19.1. The molecule has 0 spiro atoms. The maximum absolute atomic E-state index is 14.6. The summed E-state index contributed by atoms with van der Waals surface area (Å²) in [6.07, 6.45) is 7.36. The molecule has 7 heteroatoms. The second kappa shape index (κ2) is 7.28. The van der Waals surface area contributed by atoms with Crippen molar-refractivity contribution in [1.29, 1.82) is 0 Å². The van der Waals surface area contributed by atoms with Gasteiger partial charge in [0.25, 0.3) is 0 Å². The number of fused-ring (bicyclic) bond motifs is 3. The predicted octanol–water partition coefficient (Wildman–Crippen LogP) is 3.50. The molecule has 2 N–H and O–H groups in total. The molecule has 31 heavy (non-hydrogen) atoms. The maximum Gasteiger partial charge on any atom is 0.190 e. The SMILES string of the molecule is O=c1ccn(C2CCN(Cc3ccc(C4CN4)cc3F)CC2)c2c1cnc1[nH]ccc12. The highest BCUT2D eigenvalue weighted by Gasteiger charge is 2.25. The lowest BCUT2D eigenvalue weighted by Crippen LogP contribution is -2.34. The maximum atomic E-state index is 14.6. The van der Waals surface area contributed by atoms with E-state index in [0.29, 0.717) is 24.0 Å². The van der Waals surface area contributed by atoms with Gasteiger partial charge >= 0.3 is 0 Å². The van der Waals surface area contributed by atoms with E-state index in [4.69, 9.17) is 0 Å². The molecule has 1 atom stereocenters. The molecule has 0 saturated carbocycles. The largest absolute Gasteiger partial charge is 0.346 e. The molecular formula is C24H24FN5O. The van der Waals surface area contributed by atoms with Crippen molar-refractivity contribution in [3.05, 3.63) is 76.1 Å². The number of pyridine rings is 2. The van der Waals surface area contributed by atoms with E-state index in [1.807, 2.05) is 30.6 Å². The fourth-order valence-corrected chi connectivity index (χ4v) is 4.87. The zero-order valence-electron chi connectivity index (χ0n) is 17.1. The number of halogens is 1. The van der Waals surface area contributed by atoms with E-state index in [0.717, 1.165) is 60.2 Å². The average Bonchev–Trinajstić information content (AvgIpc) is 3.52. The molecule has 0 radical (unpaired) electrons. The quantitative estimate of drug-likeness (QED) is 0.499. The summed E-state index contributed by atoms with van der Waals surface area (Å²) in [4.78, 5) is 22.3. The Morgan fingerprint density at radius 1 is 1.13 bits per heavy atom. The van der Waals surface area contributed by atoms with Crippen LogP contribution in [0.4, 0.5) is 4.39 Å². The van der Waals surface area contributed by atoms with Crippen molar-refractivity contribution in [2.24, 2.45) is 0 Å². The number of rotatable bonds is 4. The van der Waals surface area contributed by atoms with E-state index < -0.39 is 0 Å². The van der Waals surface area contributed by atoms with Crippen LogP contribution in [0.15, 0.2) is 53.7 Å². The van der Waals surface area contributed by atoms with Crippen molar-refractivity contribution >= 4 is 21.9 Å². The Hall–Kier alpha value is -3.03. The summed E-state index contributed by atoms with van der Waals surface area (Å²) < 4.78 is 16.8. The number of hydrogen-bond acceptors (Lipinski definition) is 4.